The Morgan fingerprint density at radius 3 is 2.61 bits per heavy atom. The topological polar surface area (TPSA) is 41.1 Å². The molecule has 0 aliphatic rings. The molecule has 1 aromatic rings. The van der Waals surface area contributed by atoms with Crippen LogP contribution in [-0.2, 0) is 4.79 Å². The van der Waals surface area contributed by atoms with E-state index in [0.717, 1.165) is 17.2 Å². The highest BCUT2D eigenvalue weighted by Gasteiger charge is 2.05. The van der Waals surface area contributed by atoms with Crippen LogP contribution in [0, 0.1) is 6.92 Å². The Morgan fingerprint density at radius 1 is 1.33 bits per heavy atom. The van der Waals surface area contributed by atoms with Crippen LogP contribution in [0.2, 0.25) is 0 Å². The van der Waals surface area contributed by atoms with Crippen LogP contribution in [0.5, 0.6) is 0 Å². The summed E-state index contributed by atoms with van der Waals surface area (Å²) in [5.41, 5.74) is 2.04. The highest BCUT2D eigenvalue weighted by Crippen LogP contribution is 2.08. The summed E-state index contributed by atoms with van der Waals surface area (Å²) < 4.78 is 0. The van der Waals surface area contributed by atoms with Gasteiger partial charge in [-0.15, -0.1) is 0 Å². The van der Waals surface area contributed by atoms with Crippen LogP contribution in [0.1, 0.15) is 19.4 Å². The minimum atomic E-state index is 0.00667. The third-order valence-corrected chi connectivity index (χ3v) is 3.66. The third-order valence-electron chi connectivity index (χ3n) is 2.52. The summed E-state index contributed by atoms with van der Waals surface area (Å²) in [7, 11) is 0. The molecule has 1 amide bonds. The number of hydrogen-bond donors (Lipinski definition) is 2. The van der Waals surface area contributed by atoms with Gasteiger partial charge in [-0.3, -0.25) is 4.79 Å². The number of carbonyl (C=O) groups is 1. The molecule has 0 saturated heterocycles. The molecule has 3 nitrogen and oxygen atoms in total. The average molecular weight is 266 g/mol. The predicted molar refractivity (Wildman–Crippen MR) is 80.3 cm³/mol. The first-order chi connectivity index (χ1) is 8.61. The summed E-state index contributed by atoms with van der Waals surface area (Å²) in [6.07, 6.45) is 0. The standard InChI is InChI=1S/C14H22N2OS/c1-4-18-10-12(3)15-9-14(17)16-13-7-5-11(2)6-8-13/h5-8,12,15H,4,9-10H2,1-3H3,(H,16,17). The summed E-state index contributed by atoms with van der Waals surface area (Å²) in [5, 5.41) is 6.09. The van der Waals surface area contributed by atoms with Crippen LogP contribution >= 0.6 is 11.8 Å². The zero-order valence-electron chi connectivity index (χ0n) is 11.3. The van der Waals surface area contributed by atoms with E-state index < -0.39 is 0 Å². The van der Waals surface area contributed by atoms with Crippen molar-refractivity contribution >= 4 is 23.4 Å². The summed E-state index contributed by atoms with van der Waals surface area (Å²) in [6.45, 7) is 6.63. The Morgan fingerprint density at radius 2 is 2.00 bits per heavy atom. The fourth-order valence-corrected chi connectivity index (χ4v) is 2.17. The summed E-state index contributed by atoms with van der Waals surface area (Å²) >= 11 is 1.88. The Hall–Kier alpha value is -1.00. The number of aryl methyl sites for hydroxylation is 1. The summed E-state index contributed by atoms with van der Waals surface area (Å²) in [6, 6.07) is 8.18. The van der Waals surface area contributed by atoms with Crippen LogP contribution in [0.3, 0.4) is 0 Å². The molecular weight excluding hydrogens is 244 g/mol. The molecule has 1 rings (SSSR count). The number of carbonyl (C=O) groups excluding carboxylic acids is 1. The normalized spacial score (nSPS) is 12.2. The molecule has 0 spiro atoms. The van der Waals surface area contributed by atoms with E-state index in [1.807, 2.05) is 43.0 Å². The summed E-state index contributed by atoms with van der Waals surface area (Å²) in [5.74, 6) is 2.16. The highest BCUT2D eigenvalue weighted by atomic mass is 32.2. The largest absolute Gasteiger partial charge is 0.325 e. The van der Waals surface area contributed by atoms with E-state index in [0.29, 0.717) is 12.6 Å². The van der Waals surface area contributed by atoms with Crippen molar-refractivity contribution in [3.63, 3.8) is 0 Å². The number of anilines is 1. The number of hydrogen-bond acceptors (Lipinski definition) is 3. The van der Waals surface area contributed by atoms with E-state index in [1.165, 1.54) is 5.56 Å². The van der Waals surface area contributed by atoms with Gasteiger partial charge in [-0.05, 0) is 31.7 Å². The number of rotatable bonds is 7. The molecule has 1 atom stereocenters. The van der Waals surface area contributed by atoms with Crippen molar-refractivity contribution < 1.29 is 4.79 Å². The van der Waals surface area contributed by atoms with Gasteiger partial charge >= 0.3 is 0 Å². The van der Waals surface area contributed by atoms with Gasteiger partial charge in [0.05, 0.1) is 6.54 Å². The van der Waals surface area contributed by atoms with Crippen LogP contribution in [-0.4, -0.2) is 30.0 Å². The molecule has 18 heavy (non-hydrogen) atoms. The average Bonchev–Trinajstić information content (AvgIpc) is 2.36. The Balaban J connectivity index is 2.27. The lowest BCUT2D eigenvalue weighted by molar-refractivity contribution is -0.115. The SMILES string of the molecule is CCSCC(C)NCC(=O)Nc1ccc(C)cc1. The van der Waals surface area contributed by atoms with Gasteiger partial charge < -0.3 is 10.6 Å². The van der Waals surface area contributed by atoms with E-state index in [1.54, 1.807) is 0 Å². The van der Waals surface area contributed by atoms with E-state index in [2.05, 4.69) is 24.5 Å². The monoisotopic (exact) mass is 266 g/mol. The maximum atomic E-state index is 11.7. The molecule has 1 aromatic carbocycles. The Labute approximate surface area is 114 Å². The van der Waals surface area contributed by atoms with Crippen molar-refractivity contribution in [3.05, 3.63) is 29.8 Å². The molecule has 0 aromatic heterocycles. The van der Waals surface area contributed by atoms with Crippen LogP contribution in [0.25, 0.3) is 0 Å². The van der Waals surface area contributed by atoms with Crippen LogP contribution < -0.4 is 10.6 Å². The number of amides is 1. The van der Waals surface area contributed by atoms with Gasteiger partial charge in [0.25, 0.3) is 0 Å². The van der Waals surface area contributed by atoms with Gasteiger partial charge in [0.2, 0.25) is 5.91 Å². The second kappa shape index (κ2) is 8.16. The summed E-state index contributed by atoms with van der Waals surface area (Å²) in [4.78, 5) is 11.7. The molecular formula is C14H22N2OS. The minimum absolute atomic E-state index is 0.00667. The Kier molecular flexibility index (Phi) is 6.83. The van der Waals surface area contributed by atoms with Gasteiger partial charge in [0.1, 0.15) is 0 Å². The van der Waals surface area contributed by atoms with Gasteiger partial charge in [-0.25, -0.2) is 0 Å². The van der Waals surface area contributed by atoms with Crippen molar-refractivity contribution in [2.24, 2.45) is 0 Å². The van der Waals surface area contributed by atoms with Crippen molar-refractivity contribution in [2.45, 2.75) is 26.8 Å². The van der Waals surface area contributed by atoms with Crippen molar-refractivity contribution in [1.82, 2.24) is 5.32 Å². The van der Waals surface area contributed by atoms with Crippen LogP contribution in [0.15, 0.2) is 24.3 Å². The van der Waals surface area contributed by atoms with Gasteiger partial charge in [0, 0.05) is 17.5 Å². The van der Waals surface area contributed by atoms with Crippen LogP contribution in [0.4, 0.5) is 5.69 Å². The van der Waals surface area contributed by atoms with E-state index in [4.69, 9.17) is 0 Å². The Bertz CT molecular complexity index is 365. The first kappa shape index (κ1) is 15.1. The lowest BCUT2D eigenvalue weighted by Crippen LogP contribution is -2.35. The van der Waals surface area contributed by atoms with Gasteiger partial charge in [-0.1, -0.05) is 24.6 Å². The molecule has 1 unspecified atom stereocenters. The second-order valence-electron chi connectivity index (χ2n) is 4.36. The maximum absolute atomic E-state index is 11.7. The van der Waals surface area contributed by atoms with Crippen molar-refractivity contribution in [1.29, 1.82) is 0 Å². The molecule has 0 aliphatic heterocycles. The highest BCUT2D eigenvalue weighted by molar-refractivity contribution is 7.99. The number of nitrogens with one attached hydrogen (secondary N) is 2. The van der Waals surface area contributed by atoms with E-state index in [-0.39, 0.29) is 5.91 Å². The molecule has 4 heteroatoms. The molecule has 0 bridgehead atoms. The van der Waals surface area contributed by atoms with E-state index >= 15 is 0 Å². The third kappa shape index (κ3) is 6.07. The maximum Gasteiger partial charge on any atom is 0.238 e. The molecule has 0 fully saturated rings. The van der Waals surface area contributed by atoms with Crippen molar-refractivity contribution in [2.75, 3.05) is 23.4 Å². The number of benzene rings is 1. The molecule has 0 saturated carbocycles. The zero-order valence-corrected chi connectivity index (χ0v) is 12.1. The number of thioether (sulfide) groups is 1. The lowest BCUT2D eigenvalue weighted by atomic mass is 10.2. The molecule has 100 valence electrons. The molecule has 0 aliphatic carbocycles. The fourth-order valence-electron chi connectivity index (χ4n) is 1.46. The molecule has 0 heterocycles. The smallest absolute Gasteiger partial charge is 0.238 e. The van der Waals surface area contributed by atoms with Crippen molar-refractivity contribution in [3.8, 4) is 0 Å². The molecule has 0 radical (unpaired) electrons. The zero-order chi connectivity index (χ0) is 13.4. The first-order valence-electron chi connectivity index (χ1n) is 6.29. The van der Waals surface area contributed by atoms with E-state index in [9.17, 15) is 4.79 Å². The predicted octanol–water partition coefficient (Wildman–Crippen LogP) is 2.66. The fraction of sp³-hybridized carbons (Fsp3) is 0.500. The second-order valence-corrected chi connectivity index (χ2v) is 5.67. The first-order valence-corrected chi connectivity index (χ1v) is 7.45. The lowest BCUT2D eigenvalue weighted by Gasteiger charge is -2.13. The van der Waals surface area contributed by atoms with Gasteiger partial charge in [0.15, 0.2) is 0 Å². The van der Waals surface area contributed by atoms with Gasteiger partial charge in [-0.2, -0.15) is 11.8 Å². The molecule has 2 N–H and O–H groups in total. The quantitative estimate of drug-likeness (QED) is 0.797. The minimum Gasteiger partial charge on any atom is -0.325 e.